The zero-order chi connectivity index (χ0) is 18.3. The number of rotatable bonds is 2. The summed E-state index contributed by atoms with van der Waals surface area (Å²) in [6.45, 7) is 17.2. The number of benzene rings is 2. The number of anilines is 2. The van der Waals surface area contributed by atoms with Gasteiger partial charge >= 0.3 is 0 Å². The molecule has 0 saturated carbocycles. The van der Waals surface area contributed by atoms with Gasteiger partial charge in [0.15, 0.2) is 0 Å². The minimum absolute atomic E-state index is 0.0196. The van der Waals surface area contributed by atoms with Crippen LogP contribution in [0, 0.1) is 13.8 Å². The highest BCUT2D eigenvalue weighted by molar-refractivity contribution is 5.72. The molecule has 2 rings (SSSR count). The first kappa shape index (κ1) is 18.4. The molecule has 2 heteroatoms. The number of phenols is 1. The summed E-state index contributed by atoms with van der Waals surface area (Å²) in [7, 11) is 0. The third-order valence-corrected chi connectivity index (χ3v) is 4.45. The van der Waals surface area contributed by atoms with E-state index in [9.17, 15) is 5.11 Å². The Labute approximate surface area is 146 Å². The molecule has 2 N–H and O–H groups in total. The molecule has 2 aromatic carbocycles. The Morgan fingerprint density at radius 1 is 0.792 bits per heavy atom. The van der Waals surface area contributed by atoms with Gasteiger partial charge in [-0.1, -0.05) is 59.7 Å². The topological polar surface area (TPSA) is 32.3 Å². The normalized spacial score (nSPS) is 12.3. The Balaban J connectivity index is 2.62. The van der Waals surface area contributed by atoms with Crippen molar-refractivity contribution in [2.24, 2.45) is 0 Å². The van der Waals surface area contributed by atoms with Crippen LogP contribution in [0.15, 0.2) is 30.3 Å². The molecule has 2 aromatic rings. The van der Waals surface area contributed by atoms with Gasteiger partial charge in [-0.2, -0.15) is 0 Å². The average Bonchev–Trinajstić information content (AvgIpc) is 2.42. The van der Waals surface area contributed by atoms with E-state index in [0.29, 0.717) is 5.75 Å². The highest BCUT2D eigenvalue weighted by Crippen LogP contribution is 2.41. The molecular formula is C22H31NO. The lowest BCUT2D eigenvalue weighted by Gasteiger charge is -2.28. The lowest BCUT2D eigenvalue weighted by atomic mass is 9.79. The van der Waals surface area contributed by atoms with Crippen molar-refractivity contribution >= 4 is 11.4 Å². The molecule has 0 heterocycles. The Morgan fingerprint density at radius 2 is 1.42 bits per heavy atom. The summed E-state index contributed by atoms with van der Waals surface area (Å²) in [5, 5.41) is 14.3. The van der Waals surface area contributed by atoms with Crippen LogP contribution in [0.1, 0.15) is 63.8 Å². The number of hydrogen-bond acceptors (Lipinski definition) is 2. The zero-order valence-corrected chi connectivity index (χ0v) is 16.3. The Kier molecular flexibility index (Phi) is 4.72. The highest BCUT2D eigenvalue weighted by atomic mass is 16.3. The second-order valence-corrected chi connectivity index (χ2v) is 8.86. The fourth-order valence-electron chi connectivity index (χ4n) is 2.75. The van der Waals surface area contributed by atoms with Crippen molar-refractivity contribution in [2.75, 3.05) is 5.32 Å². The molecule has 24 heavy (non-hydrogen) atoms. The first-order chi connectivity index (χ1) is 10.9. The Morgan fingerprint density at radius 3 is 1.96 bits per heavy atom. The molecule has 0 aliphatic heterocycles. The van der Waals surface area contributed by atoms with Gasteiger partial charge in [0.25, 0.3) is 0 Å². The lowest BCUT2D eigenvalue weighted by Crippen LogP contribution is -2.17. The van der Waals surface area contributed by atoms with Gasteiger partial charge in [-0.3, -0.25) is 0 Å². The van der Waals surface area contributed by atoms with Crippen molar-refractivity contribution in [1.82, 2.24) is 0 Å². The van der Waals surface area contributed by atoms with Crippen molar-refractivity contribution in [2.45, 2.75) is 66.2 Å². The smallest absolute Gasteiger partial charge is 0.142 e. The van der Waals surface area contributed by atoms with Crippen molar-refractivity contribution in [3.8, 4) is 5.75 Å². The molecule has 0 aliphatic rings. The van der Waals surface area contributed by atoms with E-state index < -0.39 is 0 Å². The molecule has 2 nitrogen and oxygen atoms in total. The van der Waals surface area contributed by atoms with Crippen molar-refractivity contribution in [3.63, 3.8) is 0 Å². The quantitative estimate of drug-likeness (QED) is 0.631. The van der Waals surface area contributed by atoms with Crippen LogP contribution in [0.2, 0.25) is 0 Å². The number of phenolic OH excluding ortho intramolecular Hbond substituents is 1. The van der Waals surface area contributed by atoms with Crippen LogP contribution in [0.4, 0.5) is 11.4 Å². The maximum absolute atomic E-state index is 10.9. The highest BCUT2D eigenvalue weighted by Gasteiger charge is 2.25. The van der Waals surface area contributed by atoms with Gasteiger partial charge in [-0.15, -0.1) is 0 Å². The molecule has 0 atom stereocenters. The van der Waals surface area contributed by atoms with E-state index in [-0.39, 0.29) is 10.8 Å². The third-order valence-electron chi connectivity index (χ3n) is 4.45. The number of nitrogens with one attached hydrogen (secondary N) is 1. The largest absolute Gasteiger partial charge is 0.505 e. The van der Waals surface area contributed by atoms with Crippen LogP contribution in [0.3, 0.4) is 0 Å². The van der Waals surface area contributed by atoms with E-state index in [4.69, 9.17) is 0 Å². The SMILES string of the molecule is Cc1ccc(C)c(Nc2cc(C(C)(C)C)cc(C(C)(C)C)c2O)c1. The van der Waals surface area contributed by atoms with E-state index in [1.54, 1.807) is 0 Å². The molecule has 0 unspecified atom stereocenters. The molecular weight excluding hydrogens is 294 g/mol. The van der Waals surface area contributed by atoms with Crippen molar-refractivity contribution < 1.29 is 5.11 Å². The summed E-state index contributed by atoms with van der Waals surface area (Å²) in [6, 6.07) is 10.5. The summed E-state index contributed by atoms with van der Waals surface area (Å²) in [4.78, 5) is 0. The van der Waals surface area contributed by atoms with Crippen LogP contribution in [-0.4, -0.2) is 5.11 Å². The number of aromatic hydroxyl groups is 1. The minimum atomic E-state index is -0.122. The monoisotopic (exact) mass is 325 g/mol. The fourth-order valence-corrected chi connectivity index (χ4v) is 2.75. The van der Waals surface area contributed by atoms with Crippen LogP contribution in [0.25, 0.3) is 0 Å². The van der Waals surface area contributed by atoms with E-state index >= 15 is 0 Å². The first-order valence-electron chi connectivity index (χ1n) is 8.62. The van der Waals surface area contributed by atoms with Crippen molar-refractivity contribution in [3.05, 3.63) is 52.6 Å². The van der Waals surface area contributed by atoms with Gasteiger partial charge in [0, 0.05) is 11.3 Å². The van der Waals surface area contributed by atoms with E-state index in [0.717, 1.165) is 16.9 Å². The predicted octanol–water partition coefficient (Wildman–Crippen LogP) is 6.35. The molecule has 0 radical (unpaired) electrons. The molecule has 0 aromatic heterocycles. The maximum atomic E-state index is 10.9. The molecule has 0 spiro atoms. The van der Waals surface area contributed by atoms with Gasteiger partial charge in [0.2, 0.25) is 0 Å². The summed E-state index contributed by atoms with van der Waals surface area (Å²) >= 11 is 0. The van der Waals surface area contributed by atoms with Crippen LogP contribution in [0.5, 0.6) is 5.75 Å². The van der Waals surface area contributed by atoms with E-state index in [1.807, 2.05) is 0 Å². The summed E-state index contributed by atoms with van der Waals surface area (Å²) in [5.74, 6) is 0.344. The molecule has 0 bridgehead atoms. The first-order valence-corrected chi connectivity index (χ1v) is 8.62. The lowest BCUT2D eigenvalue weighted by molar-refractivity contribution is 0.447. The predicted molar refractivity (Wildman–Crippen MR) is 105 cm³/mol. The van der Waals surface area contributed by atoms with Crippen LogP contribution in [-0.2, 0) is 10.8 Å². The molecule has 0 amide bonds. The average molecular weight is 325 g/mol. The van der Waals surface area contributed by atoms with Gasteiger partial charge in [0.05, 0.1) is 5.69 Å². The second-order valence-electron chi connectivity index (χ2n) is 8.86. The van der Waals surface area contributed by atoms with Gasteiger partial charge in [-0.25, -0.2) is 0 Å². The third kappa shape index (κ3) is 3.92. The maximum Gasteiger partial charge on any atom is 0.142 e. The zero-order valence-electron chi connectivity index (χ0n) is 16.3. The van der Waals surface area contributed by atoms with Crippen LogP contribution < -0.4 is 5.32 Å². The fraction of sp³-hybridized carbons (Fsp3) is 0.455. The molecule has 0 fully saturated rings. The minimum Gasteiger partial charge on any atom is -0.505 e. The van der Waals surface area contributed by atoms with Crippen LogP contribution >= 0.6 is 0 Å². The summed E-state index contributed by atoms with van der Waals surface area (Å²) in [5.41, 5.74) is 6.27. The Bertz CT molecular complexity index is 746. The van der Waals surface area contributed by atoms with E-state index in [2.05, 4.69) is 91.0 Å². The van der Waals surface area contributed by atoms with Gasteiger partial charge in [0.1, 0.15) is 5.75 Å². The second kappa shape index (κ2) is 6.16. The number of aryl methyl sites for hydroxylation is 2. The summed E-state index contributed by atoms with van der Waals surface area (Å²) < 4.78 is 0. The summed E-state index contributed by atoms with van der Waals surface area (Å²) in [6.07, 6.45) is 0. The molecule has 0 saturated heterocycles. The molecule has 0 aliphatic carbocycles. The molecule has 130 valence electrons. The standard InChI is InChI=1S/C22H31NO/c1-14-9-10-15(2)18(11-14)23-19-13-16(21(3,4)5)12-17(20(19)24)22(6,7)8/h9-13,23-24H,1-8H3. The van der Waals surface area contributed by atoms with E-state index in [1.165, 1.54) is 16.7 Å². The van der Waals surface area contributed by atoms with Gasteiger partial charge in [-0.05, 0) is 53.5 Å². The van der Waals surface area contributed by atoms with Crippen molar-refractivity contribution in [1.29, 1.82) is 0 Å². The number of hydrogen-bond donors (Lipinski definition) is 2. The van der Waals surface area contributed by atoms with Gasteiger partial charge < -0.3 is 10.4 Å². The Hall–Kier alpha value is -1.96.